The highest BCUT2D eigenvalue weighted by molar-refractivity contribution is 9.10. The van der Waals surface area contributed by atoms with E-state index >= 15 is 0 Å². The Balaban J connectivity index is 0.000000400. The molecule has 1 nitrogen and oxygen atoms in total. The monoisotopic (exact) mass is 419 g/mol. The van der Waals surface area contributed by atoms with Crippen molar-refractivity contribution in [2.45, 2.75) is 20.3 Å². The zero-order valence-electron chi connectivity index (χ0n) is 11.0. The van der Waals surface area contributed by atoms with Crippen LogP contribution in [-0.4, -0.2) is 17.4 Å². The molecule has 0 heterocycles. The largest absolute Gasteiger partial charge is 0.278 e. The fraction of sp³-hybridized carbons (Fsp3) is 0.455. The van der Waals surface area contributed by atoms with Gasteiger partial charge in [-0.15, -0.1) is 11.7 Å². The number of hydrogen-bond acceptors (Lipinski definition) is 1. The zero-order chi connectivity index (χ0) is 16.8. The molecule has 10 heteroatoms. The van der Waals surface area contributed by atoms with Crippen molar-refractivity contribution in [3.8, 4) is 0 Å². The molecule has 0 saturated carbocycles. The molecule has 0 fully saturated rings. The molecule has 0 radical (unpaired) electrons. The van der Waals surface area contributed by atoms with Crippen LogP contribution in [0.25, 0.3) is 0 Å². The van der Waals surface area contributed by atoms with Gasteiger partial charge in [-0.3, -0.25) is 0 Å². The van der Waals surface area contributed by atoms with Crippen LogP contribution < -0.4 is 0 Å². The number of rotatable bonds is 4. The zero-order valence-corrected chi connectivity index (χ0v) is 14.2. The predicted molar refractivity (Wildman–Crippen MR) is 77.9 cm³/mol. The van der Waals surface area contributed by atoms with E-state index in [-0.39, 0.29) is 22.6 Å². The molecule has 0 aliphatic heterocycles. The van der Waals surface area contributed by atoms with Gasteiger partial charge in [-0.2, -0.15) is 4.31 Å². The lowest BCUT2D eigenvalue weighted by atomic mass is 10.2. The van der Waals surface area contributed by atoms with Crippen molar-refractivity contribution in [1.82, 2.24) is 4.31 Å². The van der Waals surface area contributed by atoms with Gasteiger partial charge < -0.3 is 0 Å². The highest BCUT2D eigenvalue weighted by atomic mass is 79.9. The fourth-order valence-corrected chi connectivity index (χ4v) is 2.42. The van der Waals surface area contributed by atoms with Gasteiger partial charge in [0.25, 0.3) is 17.8 Å². The average Bonchev–Trinajstić information content (AvgIpc) is 2.34. The lowest BCUT2D eigenvalue weighted by molar-refractivity contribution is 0.146. The van der Waals surface area contributed by atoms with Gasteiger partial charge in [-0.1, -0.05) is 25.4 Å². The van der Waals surface area contributed by atoms with Crippen LogP contribution >= 0.6 is 38.9 Å². The number of hydrogen-bond donors (Lipinski definition) is 0. The molecule has 21 heavy (non-hydrogen) atoms. The second-order valence-electron chi connectivity index (χ2n) is 3.55. The molecule has 0 bridgehead atoms. The second kappa shape index (κ2) is 9.12. The Labute approximate surface area is 134 Å². The van der Waals surface area contributed by atoms with Crippen LogP contribution in [0.2, 0.25) is 5.02 Å². The quantitative estimate of drug-likeness (QED) is 0.379. The Hall–Kier alpha value is -0.120. The minimum atomic E-state index is -4.93. The summed E-state index contributed by atoms with van der Waals surface area (Å²) >= 11 is 3.21. The van der Waals surface area contributed by atoms with Gasteiger partial charge in [0.2, 0.25) is 0 Å². The summed E-state index contributed by atoms with van der Waals surface area (Å²) in [6.07, 6.45) is -2.89. The minimum absolute atomic E-state index is 0.0119. The molecular formula is C11H13BrClF6NS. The fourth-order valence-electron chi connectivity index (χ4n) is 1.26. The van der Waals surface area contributed by atoms with Crippen molar-refractivity contribution < 1.29 is 24.8 Å². The highest BCUT2D eigenvalue weighted by Crippen LogP contribution is 2.56. The molecule has 0 aliphatic rings. The van der Waals surface area contributed by atoms with E-state index in [0.29, 0.717) is 4.31 Å². The van der Waals surface area contributed by atoms with Crippen molar-refractivity contribution in [2.75, 3.05) is 13.1 Å². The van der Waals surface area contributed by atoms with E-state index in [4.69, 9.17) is 11.6 Å². The molecule has 0 aromatic heterocycles. The van der Waals surface area contributed by atoms with Crippen LogP contribution in [0.15, 0.2) is 16.6 Å². The van der Waals surface area contributed by atoms with Gasteiger partial charge in [0.05, 0.1) is 15.1 Å². The van der Waals surface area contributed by atoms with Gasteiger partial charge in [0.1, 0.15) is 5.82 Å². The molecule has 1 rings (SSSR count). The summed E-state index contributed by atoms with van der Waals surface area (Å²) in [6.45, 7) is 3.14. The molecule has 0 spiro atoms. The first-order valence-corrected chi connectivity index (χ1v) is 8.11. The van der Waals surface area contributed by atoms with Crippen molar-refractivity contribution >= 4 is 38.9 Å². The number of alkyl halides is 2. The van der Waals surface area contributed by atoms with E-state index in [2.05, 4.69) is 15.9 Å². The summed E-state index contributed by atoms with van der Waals surface area (Å²) in [7, 11) is 0. The van der Waals surface area contributed by atoms with Crippen LogP contribution in [0.5, 0.6) is 0 Å². The second-order valence-corrected chi connectivity index (χ2v) is 6.10. The lowest BCUT2D eigenvalue weighted by Gasteiger charge is -2.23. The molecule has 0 unspecified atom stereocenters. The van der Waals surface area contributed by atoms with Gasteiger partial charge in [-0.05, 0) is 28.1 Å². The van der Waals surface area contributed by atoms with Crippen molar-refractivity contribution in [3.05, 3.63) is 33.0 Å². The van der Waals surface area contributed by atoms with E-state index in [0.717, 1.165) is 0 Å². The summed E-state index contributed by atoms with van der Waals surface area (Å²) in [4.78, 5) is 0. The number of benzene rings is 1. The molecule has 1 aromatic carbocycles. The maximum Gasteiger partial charge on any atom is 0.278 e. The topological polar surface area (TPSA) is 3.24 Å². The first-order chi connectivity index (χ1) is 9.56. The SMILES string of the molecule is CCN(CC)S(F)(F)F.Fc1c(Br)ccc(Cl)c1C(F)F. The summed E-state index contributed by atoms with van der Waals surface area (Å²) in [5.74, 6) is -1.00. The van der Waals surface area contributed by atoms with E-state index in [1.807, 2.05) is 0 Å². The van der Waals surface area contributed by atoms with Gasteiger partial charge >= 0.3 is 0 Å². The predicted octanol–water partition coefficient (Wildman–Crippen LogP) is 6.88. The Morgan fingerprint density at radius 1 is 1.19 bits per heavy atom. The van der Waals surface area contributed by atoms with Crippen LogP contribution in [0, 0.1) is 5.82 Å². The van der Waals surface area contributed by atoms with Crippen LogP contribution in [-0.2, 0) is 0 Å². The van der Waals surface area contributed by atoms with E-state index in [1.54, 1.807) is 0 Å². The maximum absolute atomic E-state index is 12.9. The Morgan fingerprint density at radius 3 is 1.90 bits per heavy atom. The first kappa shape index (κ1) is 20.9. The van der Waals surface area contributed by atoms with Crippen LogP contribution in [0.4, 0.5) is 24.8 Å². The van der Waals surface area contributed by atoms with Gasteiger partial charge in [0.15, 0.2) is 0 Å². The van der Waals surface area contributed by atoms with Gasteiger partial charge in [-0.25, -0.2) is 13.2 Å². The smallest absolute Gasteiger partial charge is 0.205 e. The van der Waals surface area contributed by atoms with Crippen LogP contribution in [0.3, 0.4) is 0 Å². The Bertz CT molecular complexity index is 453. The summed E-state index contributed by atoms with van der Waals surface area (Å²) < 4.78 is 72.8. The molecule has 0 amide bonds. The maximum atomic E-state index is 12.9. The molecule has 124 valence electrons. The molecule has 0 saturated heterocycles. The highest BCUT2D eigenvalue weighted by Gasteiger charge is 2.27. The van der Waals surface area contributed by atoms with Crippen molar-refractivity contribution in [2.24, 2.45) is 0 Å². The summed E-state index contributed by atoms with van der Waals surface area (Å²) in [6, 6.07) is 2.50. The first-order valence-electron chi connectivity index (χ1n) is 5.64. The Kier molecular flexibility index (Phi) is 9.06. The molecule has 1 aromatic rings. The van der Waals surface area contributed by atoms with Crippen molar-refractivity contribution in [1.29, 1.82) is 0 Å². The Morgan fingerprint density at radius 2 is 1.67 bits per heavy atom. The van der Waals surface area contributed by atoms with E-state index in [9.17, 15) is 24.8 Å². The number of halogens is 8. The van der Waals surface area contributed by atoms with Crippen molar-refractivity contribution in [3.63, 3.8) is 0 Å². The average molecular weight is 421 g/mol. The third-order valence-corrected chi connectivity index (χ3v) is 4.34. The summed E-state index contributed by atoms with van der Waals surface area (Å²) in [5, 5.41) is -0.259. The molecular weight excluding hydrogens is 408 g/mol. The molecule has 0 atom stereocenters. The number of nitrogens with zero attached hydrogens (tertiary/aromatic N) is 1. The van der Waals surface area contributed by atoms with E-state index < -0.39 is 29.2 Å². The molecule has 0 aliphatic carbocycles. The van der Waals surface area contributed by atoms with Gasteiger partial charge in [0, 0.05) is 13.1 Å². The normalized spacial score (nSPS) is 12.4. The minimum Gasteiger partial charge on any atom is -0.205 e. The van der Waals surface area contributed by atoms with E-state index in [1.165, 1.54) is 26.0 Å². The third-order valence-electron chi connectivity index (χ3n) is 2.30. The third kappa shape index (κ3) is 6.66. The lowest BCUT2D eigenvalue weighted by Crippen LogP contribution is -2.19. The standard InChI is InChI=1S/C7H3BrClF3.C4H10F3NS/c8-3-1-2-4(9)5(6(3)10)7(11)12;1-3-8(4-2)9(5,6)7/h1-2,7H;3-4H2,1-2H3. The molecule has 0 N–H and O–H groups in total. The summed E-state index contributed by atoms with van der Waals surface area (Å²) in [5.41, 5.74) is -0.758. The van der Waals surface area contributed by atoms with Crippen LogP contribution in [0.1, 0.15) is 25.8 Å².